The van der Waals surface area contributed by atoms with Crippen LogP contribution in [0.1, 0.15) is 11.1 Å². The van der Waals surface area contributed by atoms with Gasteiger partial charge in [0.25, 0.3) is 5.56 Å². The molecule has 0 atom stereocenters. The van der Waals surface area contributed by atoms with Crippen LogP contribution in [-0.2, 0) is 11.2 Å². The molecular formula is C26H27ClN6O2. The Morgan fingerprint density at radius 2 is 1.97 bits per heavy atom. The second kappa shape index (κ2) is 9.84. The van der Waals surface area contributed by atoms with E-state index in [-0.39, 0.29) is 5.56 Å². The summed E-state index contributed by atoms with van der Waals surface area (Å²) >= 11 is 6.09. The van der Waals surface area contributed by atoms with E-state index in [1.165, 1.54) is 0 Å². The van der Waals surface area contributed by atoms with Crippen molar-refractivity contribution in [3.05, 3.63) is 75.2 Å². The summed E-state index contributed by atoms with van der Waals surface area (Å²) in [7, 11) is 0. The average Bonchev–Trinajstić information content (AvgIpc) is 3.28. The number of nitrogens with one attached hydrogen (secondary N) is 3. The first-order valence-electron chi connectivity index (χ1n) is 11.7. The fraction of sp³-hybridized carbons (Fsp3) is 0.269. The van der Waals surface area contributed by atoms with Gasteiger partial charge in [-0.25, -0.2) is 4.98 Å². The molecule has 0 aliphatic carbocycles. The second-order valence-electron chi connectivity index (χ2n) is 8.77. The Morgan fingerprint density at radius 1 is 1.14 bits per heavy atom. The van der Waals surface area contributed by atoms with Crippen LogP contribution in [0.2, 0.25) is 5.02 Å². The number of hydrogen-bond donors (Lipinski definition) is 3. The van der Waals surface area contributed by atoms with E-state index in [2.05, 4.69) is 32.3 Å². The minimum absolute atomic E-state index is 0.209. The molecule has 1 fully saturated rings. The zero-order valence-corrected chi connectivity index (χ0v) is 20.2. The molecule has 8 nitrogen and oxygen atoms in total. The summed E-state index contributed by atoms with van der Waals surface area (Å²) in [4.78, 5) is 38.9. The number of aromatic nitrogens is 3. The van der Waals surface area contributed by atoms with Crippen molar-refractivity contribution < 1.29 is 4.79 Å². The van der Waals surface area contributed by atoms with E-state index >= 15 is 0 Å². The van der Waals surface area contributed by atoms with Gasteiger partial charge in [-0.05, 0) is 54.8 Å². The van der Waals surface area contributed by atoms with Crippen LogP contribution in [0, 0.1) is 6.92 Å². The number of H-pyrrole nitrogens is 2. The first-order valence-corrected chi connectivity index (χ1v) is 12.0. The number of nitrogens with zero attached hydrogens (tertiary/aromatic N) is 3. The van der Waals surface area contributed by atoms with E-state index in [1.807, 2.05) is 37.3 Å². The van der Waals surface area contributed by atoms with Crippen LogP contribution in [0.3, 0.4) is 0 Å². The number of fused-ring (bicyclic) bond motifs is 1. The molecule has 1 aliphatic rings. The molecule has 35 heavy (non-hydrogen) atoms. The topological polar surface area (TPSA) is 97.1 Å². The molecule has 0 spiro atoms. The molecule has 4 aromatic rings. The molecule has 0 radical (unpaired) electrons. The number of benzene rings is 2. The van der Waals surface area contributed by atoms with E-state index in [0.29, 0.717) is 36.0 Å². The lowest BCUT2D eigenvalue weighted by atomic mass is 10.1. The molecular weight excluding hydrogens is 464 g/mol. The molecule has 1 saturated heterocycles. The number of anilines is 2. The van der Waals surface area contributed by atoms with Crippen molar-refractivity contribution in [1.29, 1.82) is 0 Å². The number of piperazine rings is 1. The van der Waals surface area contributed by atoms with Crippen molar-refractivity contribution in [3.63, 3.8) is 0 Å². The van der Waals surface area contributed by atoms with E-state index < -0.39 is 0 Å². The van der Waals surface area contributed by atoms with Gasteiger partial charge in [-0.3, -0.25) is 9.59 Å². The molecule has 180 valence electrons. The molecule has 0 unspecified atom stereocenters. The van der Waals surface area contributed by atoms with Crippen LogP contribution in [0.25, 0.3) is 22.4 Å². The molecule has 3 N–H and O–H groups in total. The van der Waals surface area contributed by atoms with Gasteiger partial charge in [0.1, 0.15) is 11.4 Å². The van der Waals surface area contributed by atoms with Crippen molar-refractivity contribution in [2.24, 2.45) is 0 Å². The van der Waals surface area contributed by atoms with E-state index in [1.54, 1.807) is 11.1 Å². The van der Waals surface area contributed by atoms with Crippen molar-refractivity contribution in [3.8, 4) is 11.4 Å². The maximum Gasteiger partial charge on any atom is 0.261 e. The normalized spacial score (nSPS) is 13.9. The molecule has 9 heteroatoms. The van der Waals surface area contributed by atoms with Crippen molar-refractivity contribution in [1.82, 2.24) is 19.9 Å². The number of pyridine rings is 1. The smallest absolute Gasteiger partial charge is 0.261 e. The lowest BCUT2D eigenvalue weighted by molar-refractivity contribution is -0.118. The number of carbonyl (C=O) groups is 1. The fourth-order valence-electron chi connectivity index (χ4n) is 4.55. The largest absolute Gasteiger partial charge is 0.384 e. The predicted octanol–water partition coefficient (Wildman–Crippen LogP) is 3.81. The molecule has 5 rings (SSSR count). The highest BCUT2D eigenvalue weighted by Crippen LogP contribution is 2.29. The fourth-order valence-corrected chi connectivity index (χ4v) is 4.77. The number of imidazole rings is 1. The van der Waals surface area contributed by atoms with Crippen LogP contribution in [0.4, 0.5) is 11.4 Å². The Kier molecular flexibility index (Phi) is 6.46. The Balaban J connectivity index is 1.41. The summed E-state index contributed by atoms with van der Waals surface area (Å²) in [6.45, 7) is 5.65. The Morgan fingerprint density at radius 3 is 2.74 bits per heavy atom. The molecule has 3 heterocycles. The number of hydrogen-bond acceptors (Lipinski definition) is 5. The summed E-state index contributed by atoms with van der Waals surface area (Å²) in [6.07, 6.45) is 3.32. The van der Waals surface area contributed by atoms with E-state index in [4.69, 9.17) is 16.6 Å². The quantitative estimate of drug-likeness (QED) is 0.342. The minimum atomic E-state index is -0.209. The van der Waals surface area contributed by atoms with Crippen LogP contribution < -0.4 is 15.8 Å². The number of aromatic amines is 2. The molecule has 2 aromatic carbocycles. The number of rotatable bonds is 7. The predicted molar refractivity (Wildman–Crippen MR) is 140 cm³/mol. The monoisotopic (exact) mass is 490 g/mol. The van der Waals surface area contributed by atoms with Crippen LogP contribution in [0.15, 0.2) is 53.5 Å². The SMILES string of the molecule is Cc1cc(N2CCN(C=O)CC2)cc2[nH]c(-c3c(NCCc4cccc(Cl)c4)cc[nH]c3=O)nc12. The van der Waals surface area contributed by atoms with Gasteiger partial charge >= 0.3 is 0 Å². The molecule has 0 bridgehead atoms. The average molecular weight is 491 g/mol. The van der Waals surface area contributed by atoms with Gasteiger partial charge in [0.15, 0.2) is 0 Å². The molecule has 1 aliphatic heterocycles. The number of halogens is 1. The third-order valence-corrected chi connectivity index (χ3v) is 6.64. The van der Waals surface area contributed by atoms with Gasteiger partial charge in [-0.2, -0.15) is 0 Å². The summed E-state index contributed by atoms with van der Waals surface area (Å²) in [6, 6.07) is 13.8. The van der Waals surface area contributed by atoms with E-state index in [0.717, 1.165) is 59.5 Å². The van der Waals surface area contributed by atoms with Crippen molar-refractivity contribution in [2.45, 2.75) is 13.3 Å². The second-order valence-corrected chi connectivity index (χ2v) is 9.21. The molecule has 0 saturated carbocycles. The maximum atomic E-state index is 12.8. The third-order valence-electron chi connectivity index (χ3n) is 6.41. The summed E-state index contributed by atoms with van der Waals surface area (Å²) in [5.74, 6) is 0.526. The highest BCUT2D eigenvalue weighted by molar-refractivity contribution is 6.30. The summed E-state index contributed by atoms with van der Waals surface area (Å²) in [5.41, 5.74) is 5.94. The highest BCUT2D eigenvalue weighted by Gasteiger charge is 2.19. The number of amides is 1. The van der Waals surface area contributed by atoms with Crippen LogP contribution in [-0.4, -0.2) is 59.0 Å². The van der Waals surface area contributed by atoms with Crippen molar-refractivity contribution in [2.75, 3.05) is 42.9 Å². The van der Waals surface area contributed by atoms with Crippen LogP contribution in [0.5, 0.6) is 0 Å². The maximum absolute atomic E-state index is 12.8. The van der Waals surface area contributed by atoms with Gasteiger partial charge in [0, 0.05) is 49.6 Å². The first-order chi connectivity index (χ1) is 17.0. The highest BCUT2D eigenvalue weighted by atomic mass is 35.5. The van der Waals surface area contributed by atoms with Gasteiger partial charge in [0.2, 0.25) is 6.41 Å². The van der Waals surface area contributed by atoms with Gasteiger partial charge in [0.05, 0.1) is 16.7 Å². The Bertz CT molecular complexity index is 1420. The van der Waals surface area contributed by atoms with Gasteiger partial charge in [-0.15, -0.1) is 0 Å². The zero-order valence-electron chi connectivity index (χ0n) is 19.5. The number of aryl methyl sites for hydroxylation is 1. The zero-order chi connectivity index (χ0) is 24.4. The minimum Gasteiger partial charge on any atom is -0.384 e. The molecule has 1 amide bonds. The Hall–Kier alpha value is -3.78. The first kappa shape index (κ1) is 23.0. The lowest BCUT2D eigenvalue weighted by Crippen LogP contribution is -2.45. The van der Waals surface area contributed by atoms with E-state index in [9.17, 15) is 9.59 Å². The summed E-state index contributed by atoms with van der Waals surface area (Å²) < 4.78 is 0. The van der Waals surface area contributed by atoms with Gasteiger partial charge in [-0.1, -0.05) is 23.7 Å². The molecule has 2 aromatic heterocycles. The van der Waals surface area contributed by atoms with Crippen molar-refractivity contribution >= 4 is 40.4 Å². The Labute approximate surface area is 207 Å². The summed E-state index contributed by atoms with van der Waals surface area (Å²) in [5, 5.41) is 4.10. The standard InChI is InChI=1S/C26H27ClN6O2/c1-17-13-20(33-11-9-32(16-34)10-12-33)15-22-24(17)31-25(30-22)23-21(6-8-29-26(23)35)28-7-5-18-3-2-4-19(27)14-18/h2-4,6,8,13-16H,5,7,9-12H2,1H3,(H,30,31)(H2,28,29,35). The van der Waals surface area contributed by atoms with Gasteiger partial charge < -0.3 is 25.1 Å². The number of carbonyl (C=O) groups excluding carboxylic acids is 1. The third kappa shape index (κ3) is 4.88. The van der Waals surface area contributed by atoms with Crippen LogP contribution >= 0.6 is 11.6 Å². The lowest BCUT2D eigenvalue weighted by Gasteiger charge is -2.34.